The van der Waals surface area contributed by atoms with Gasteiger partial charge < -0.3 is 14.6 Å². The van der Waals surface area contributed by atoms with E-state index < -0.39 is 0 Å². The van der Waals surface area contributed by atoms with E-state index in [9.17, 15) is 9.59 Å². The second kappa shape index (κ2) is 10.1. The highest BCUT2D eigenvalue weighted by Crippen LogP contribution is 2.30. The van der Waals surface area contributed by atoms with Crippen molar-refractivity contribution in [1.82, 2.24) is 20.4 Å². The predicted molar refractivity (Wildman–Crippen MR) is 121 cm³/mol. The number of carbonyl (C=O) groups is 2. The summed E-state index contributed by atoms with van der Waals surface area (Å²) in [6, 6.07) is 14.1. The van der Waals surface area contributed by atoms with E-state index in [1.165, 1.54) is 0 Å². The molecule has 2 aromatic carbocycles. The summed E-state index contributed by atoms with van der Waals surface area (Å²) in [5.74, 6) is 0.520. The number of halogens is 2. The van der Waals surface area contributed by atoms with E-state index in [1.54, 1.807) is 35.2 Å². The van der Waals surface area contributed by atoms with Gasteiger partial charge in [-0.1, -0.05) is 35.3 Å². The molecule has 3 aromatic rings. The van der Waals surface area contributed by atoms with Crippen molar-refractivity contribution in [3.8, 4) is 11.5 Å². The molecule has 2 amide bonds. The number of aromatic nitrogens is 2. The molecule has 0 saturated heterocycles. The van der Waals surface area contributed by atoms with E-state index in [0.717, 1.165) is 12.8 Å². The molecule has 1 fully saturated rings. The van der Waals surface area contributed by atoms with Crippen LogP contribution in [0.5, 0.6) is 0 Å². The number of nitrogens with zero attached hydrogens (tertiary/aromatic N) is 3. The van der Waals surface area contributed by atoms with Gasteiger partial charge in [0.1, 0.15) is 0 Å². The van der Waals surface area contributed by atoms with Crippen molar-refractivity contribution < 1.29 is 14.0 Å². The Morgan fingerprint density at radius 2 is 1.81 bits per heavy atom. The van der Waals surface area contributed by atoms with Gasteiger partial charge in [-0.2, -0.15) is 0 Å². The lowest BCUT2D eigenvalue weighted by molar-refractivity contribution is -0.132. The summed E-state index contributed by atoms with van der Waals surface area (Å²) < 4.78 is 5.76. The van der Waals surface area contributed by atoms with Crippen LogP contribution in [0.1, 0.15) is 41.9 Å². The lowest BCUT2D eigenvalue weighted by Crippen LogP contribution is -2.33. The van der Waals surface area contributed by atoms with Crippen molar-refractivity contribution >= 4 is 35.0 Å². The molecule has 32 heavy (non-hydrogen) atoms. The molecule has 1 saturated carbocycles. The average Bonchev–Trinajstić information content (AvgIpc) is 3.53. The monoisotopic (exact) mass is 472 g/mol. The maximum absolute atomic E-state index is 12.8. The Bertz CT molecular complexity index is 1100. The molecule has 0 aliphatic heterocycles. The molecule has 1 aliphatic carbocycles. The van der Waals surface area contributed by atoms with Gasteiger partial charge in [0.25, 0.3) is 5.91 Å². The number of nitrogens with one attached hydrogen (secondary N) is 1. The molecular formula is C23H22Cl2N4O3. The van der Waals surface area contributed by atoms with E-state index >= 15 is 0 Å². The van der Waals surface area contributed by atoms with E-state index in [4.69, 9.17) is 27.6 Å². The van der Waals surface area contributed by atoms with Gasteiger partial charge in [-0.3, -0.25) is 9.59 Å². The van der Waals surface area contributed by atoms with Crippen molar-refractivity contribution in [2.45, 2.75) is 38.3 Å². The number of carbonyl (C=O) groups excluding carboxylic acids is 2. The van der Waals surface area contributed by atoms with E-state index in [0.29, 0.717) is 52.3 Å². The van der Waals surface area contributed by atoms with Crippen LogP contribution in [0.4, 0.5) is 0 Å². The Morgan fingerprint density at radius 1 is 1.06 bits per heavy atom. The van der Waals surface area contributed by atoms with Crippen molar-refractivity contribution in [2.24, 2.45) is 0 Å². The fourth-order valence-corrected chi connectivity index (χ4v) is 3.64. The molecule has 0 unspecified atom stereocenters. The highest BCUT2D eigenvalue weighted by atomic mass is 35.5. The zero-order valence-electron chi connectivity index (χ0n) is 17.3. The van der Waals surface area contributed by atoms with E-state index in [2.05, 4.69) is 15.5 Å². The van der Waals surface area contributed by atoms with Crippen LogP contribution in [0, 0.1) is 0 Å². The number of amides is 2. The predicted octanol–water partition coefficient (Wildman–Crippen LogP) is 4.74. The van der Waals surface area contributed by atoms with E-state index in [1.807, 2.05) is 18.2 Å². The molecule has 0 bridgehead atoms. The first-order valence-corrected chi connectivity index (χ1v) is 11.2. The second-order valence-corrected chi connectivity index (χ2v) is 8.44. The standard InChI is InChI=1S/C23H22Cl2N4O3/c24-16-9-7-15(8-10-16)22(31)26-13-3-6-21(30)29(17-11-12-17)14-20-27-28-23(32-20)18-4-1-2-5-19(18)25/h1-2,4-5,7-10,17H,3,6,11-14H2,(H,26,31). The van der Waals surface area contributed by atoms with Crippen LogP contribution < -0.4 is 5.32 Å². The average molecular weight is 473 g/mol. The largest absolute Gasteiger partial charge is 0.419 e. The Morgan fingerprint density at radius 3 is 2.53 bits per heavy atom. The SMILES string of the molecule is O=C(NCCCC(=O)N(Cc1nnc(-c2ccccc2Cl)o1)C1CC1)c1ccc(Cl)cc1. The topological polar surface area (TPSA) is 88.3 Å². The fourth-order valence-electron chi connectivity index (χ4n) is 3.30. The van der Waals surface area contributed by atoms with Crippen LogP contribution in [-0.4, -0.2) is 39.5 Å². The van der Waals surface area contributed by atoms with Gasteiger partial charge >= 0.3 is 0 Å². The van der Waals surface area contributed by atoms with Gasteiger partial charge in [-0.15, -0.1) is 10.2 Å². The first-order chi connectivity index (χ1) is 15.5. The summed E-state index contributed by atoms with van der Waals surface area (Å²) in [5, 5.41) is 12.1. The summed E-state index contributed by atoms with van der Waals surface area (Å²) in [6.45, 7) is 0.668. The summed E-state index contributed by atoms with van der Waals surface area (Å²) in [4.78, 5) is 26.7. The summed E-state index contributed by atoms with van der Waals surface area (Å²) >= 11 is 12.0. The Labute approximate surface area is 195 Å². The van der Waals surface area contributed by atoms with Crippen LogP contribution in [0.2, 0.25) is 10.0 Å². The first kappa shape index (κ1) is 22.3. The van der Waals surface area contributed by atoms with Crippen molar-refractivity contribution in [3.63, 3.8) is 0 Å². The molecule has 1 aliphatic rings. The molecule has 0 radical (unpaired) electrons. The molecule has 4 rings (SSSR count). The quantitative estimate of drug-likeness (QED) is 0.454. The van der Waals surface area contributed by atoms with Crippen LogP contribution in [0.25, 0.3) is 11.5 Å². The fraction of sp³-hybridized carbons (Fsp3) is 0.304. The molecule has 7 nitrogen and oxygen atoms in total. The maximum Gasteiger partial charge on any atom is 0.251 e. The summed E-state index contributed by atoms with van der Waals surface area (Å²) in [5.41, 5.74) is 1.19. The van der Waals surface area contributed by atoms with Crippen LogP contribution in [0.15, 0.2) is 52.9 Å². The van der Waals surface area contributed by atoms with Crippen LogP contribution in [0.3, 0.4) is 0 Å². The Balaban J connectivity index is 1.29. The van der Waals surface area contributed by atoms with Gasteiger partial charge in [-0.25, -0.2) is 0 Å². The second-order valence-electron chi connectivity index (χ2n) is 7.60. The molecule has 0 spiro atoms. The highest BCUT2D eigenvalue weighted by Gasteiger charge is 2.33. The zero-order chi connectivity index (χ0) is 22.5. The normalized spacial score (nSPS) is 13.1. The third-order valence-electron chi connectivity index (χ3n) is 5.14. The van der Waals surface area contributed by atoms with Crippen molar-refractivity contribution in [3.05, 3.63) is 70.0 Å². The van der Waals surface area contributed by atoms with Crippen molar-refractivity contribution in [2.75, 3.05) is 6.54 Å². The molecule has 0 atom stereocenters. The van der Waals surface area contributed by atoms with Gasteiger partial charge in [-0.05, 0) is 55.7 Å². The lowest BCUT2D eigenvalue weighted by Gasteiger charge is -2.20. The lowest BCUT2D eigenvalue weighted by atomic mass is 10.2. The van der Waals surface area contributed by atoms with Gasteiger partial charge in [0.05, 0.1) is 17.1 Å². The smallest absolute Gasteiger partial charge is 0.251 e. The Kier molecular flexibility index (Phi) is 7.07. The van der Waals surface area contributed by atoms with Crippen molar-refractivity contribution in [1.29, 1.82) is 0 Å². The van der Waals surface area contributed by atoms with Gasteiger partial charge in [0.15, 0.2) is 0 Å². The molecule has 1 aromatic heterocycles. The number of rotatable bonds is 9. The molecule has 9 heteroatoms. The van der Waals surface area contributed by atoms with Crippen LogP contribution >= 0.6 is 23.2 Å². The third kappa shape index (κ3) is 5.66. The molecular weight excluding hydrogens is 451 g/mol. The zero-order valence-corrected chi connectivity index (χ0v) is 18.8. The number of hydrogen-bond acceptors (Lipinski definition) is 5. The van der Waals surface area contributed by atoms with E-state index in [-0.39, 0.29) is 24.4 Å². The number of hydrogen-bond donors (Lipinski definition) is 1. The minimum atomic E-state index is -0.189. The third-order valence-corrected chi connectivity index (χ3v) is 5.73. The van der Waals surface area contributed by atoms with Crippen LogP contribution in [-0.2, 0) is 11.3 Å². The summed E-state index contributed by atoms with van der Waals surface area (Å²) in [7, 11) is 0. The minimum absolute atomic E-state index is 0.00531. The van der Waals surface area contributed by atoms with Gasteiger partial charge in [0, 0.05) is 29.6 Å². The first-order valence-electron chi connectivity index (χ1n) is 10.4. The molecule has 1 heterocycles. The molecule has 166 valence electrons. The summed E-state index contributed by atoms with van der Waals surface area (Å²) in [6.07, 6.45) is 2.79. The maximum atomic E-state index is 12.8. The minimum Gasteiger partial charge on any atom is -0.419 e. The highest BCUT2D eigenvalue weighted by molar-refractivity contribution is 6.33. The molecule has 1 N–H and O–H groups in total. The van der Waals surface area contributed by atoms with Gasteiger partial charge in [0.2, 0.25) is 17.7 Å². The number of benzene rings is 2. The Hall–Kier alpha value is -2.90.